The second-order valence-electron chi connectivity index (χ2n) is 2.42. The fourth-order valence-corrected chi connectivity index (χ4v) is 3.01. The van der Waals surface area contributed by atoms with Crippen LogP contribution < -0.4 is 4.72 Å². The summed E-state index contributed by atoms with van der Waals surface area (Å²) in [7, 11) is -2.22. The fraction of sp³-hybridized carbons (Fsp3) is 0.333. The van der Waals surface area contributed by atoms with Gasteiger partial charge in [0.2, 0.25) is 0 Å². The first-order valence-corrected chi connectivity index (χ1v) is 6.27. The van der Waals surface area contributed by atoms with E-state index in [0.29, 0.717) is 4.21 Å². The molecule has 1 aromatic heterocycles. The lowest BCUT2D eigenvalue weighted by Crippen LogP contribution is -2.42. The maximum Gasteiger partial charge on any atom is 0.121 e. The van der Waals surface area contributed by atoms with Gasteiger partial charge in [0, 0.05) is 13.3 Å². The van der Waals surface area contributed by atoms with Gasteiger partial charge in [0.1, 0.15) is 4.21 Å². The van der Waals surface area contributed by atoms with Gasteiger partial charge in [-0.3, -0.25) is 4.55 Å². The molecule has 0 fully saturated rings. The Balaban J connectivity index is 3.20. The molecule has 3 nitrogen and oxygen atoms in total. The Morgan fingerprint density at radius 3 is 2.73 bits per heavy atom. The van der Waals surface area contributed by atoms with Gasteiger partial charge in [-0.2, -0.15) is 4.21 Å². The van der Waals surface area contributed by atoms with Crippen LogP contribution in [0.25, 0.3) is 0 Å². The van der Waals surface area contributed by atoms with Crippen LogP contribution in [0.15, 0.2) is 21.7 Å². The second-order valence-corrected chi connectivity index (χ2v) is 7.04. The van der Waals surface area contributed by atoms with Crippen LogP contribution in [-0.2, 0) is 9.53 Å². The third-order valence-corrected chi connectivity index (χ3v) is 5.62. The van der Waals surface area contributed by atoms with Gasteiger partial charge in [-0.1, -0.05) is 0 Å². The molecule has 0 aliphatic rings. The first kappa shape index (κ1) is 8.86. The number of hydrogen-bond acceptors (Lipinski definition) is 2. The molecule has 0 aromatic carbocycles. The molecule has 1 rings (SSSR count). The van der Waals surface area contributed by atoms with E-state index >= 15 is 0 Å². The molecule has 64 valence electrons. The lowest BCUT2D eigenvalue weighted by atomic mass is 10.7. The molecule has 5 heteroatoms. The van der Waals surface area contributed by atoms with Gasteiger partial charge < -0.3 is 0 Å². The van der Waals surface area contributed by atoms with Crippen LogP contribution in [0.5, 0.6) is 0 Å². The quantitative estimate of drug-likeness (QED) is 0.740. The Labute approximate surface area is 69.8 Å². The van der Waals surface area contributed by atoms with Gasteiger partial charge in [0.05, 0.1) is 0 Å². The van der Waals surface area contributed by atoms with Crippen LogP contribution in [0.3, 0.4) is 0 Å². The van der Waals surface area contributed by atoms with Gasteiger partial charge >= 0.3 is 0 Å². The molecule has 0 aliphatic carbocycles. The average molecular weight is 193 g/mol. The van der Waals surface area contributed by atoms with E-state index in [9.17, 15) is 8.76 Å². The largest absolute Gasteiger partial charge is 0.286 e. The topological polar surface area (TPSA) is 49.3 Å². The summed E-state index contributed by atoms with van der Waals surface area (Å²) in [5.41, 5.74) is 0. The van der Waals surface area contributed by atoms with E-state index in [-0.39, 0.29) is 0 Å². The molecule has 0 radical (unpaired) electrons. The molecule has 0 bridgehead atoms. The summed E-state index contributed by atoms with van der Waals surface area (Å²) in [5.74, 6) is 0. The number of thiophene rings is 1. The third kappa shape index (κ3) is 1.67. The number of nitrogens with one attached hydrogen (secondary N) is 1. The second kappa shape index (κ2) is 2.38. The van der Waals surface area contributed by atoms with Crippen molar-refractivity contribution in [3.05, 3.63) is 17.5 Å². The molecule has 1 heterocycles. The molecule has 0 saturated carbocycles. The fourth-order valence-electron chi connectivity index (χ4n) is 0.638. The van der Waals surface area contributed by atoms with Crippen molar-refractivity contribution >= 4 is 20.9 Å². The van der Waals surface area contributed by atoms with E-state index in [1.807, 2.05) is 0 Å². The van der Waals surface area contributed by atoms with Crippen LogP contribution in [0.1, 0.15) is 0 Å². The van der Waals surface area contributed by atoms with E-state index in [0.717, 1.165) is 0 Å². The van der Waals surface area contributed by atoms with Crippen molar-refractivity contribution in [1.29, 1.82) is 0 Å². The van der Waals surface area contributed by atoms with Crippen LogP contribution in [0.4, 0.5) is 0 Å². The summed E-state index contributed by atoms with van der Waals surface area (Å²) in [4.78, 5) is 0. The standard InChI is InChI=1S/C6H11NO2S2/c1-7-11(2,8,9)6-4-3-5-10-6/h3-5H,1-2H3,(H2,7,8,9). The zero-order chi connectivity index (χ0) is 8.56. The zero-order valence-electron chi connectivity index (χ0n) is 6.40. The van der Waals surface area contributed by atoms with Crippen molar-refractivity contribution in [3.63, 3.8) is 0 Å². The normalized spacial score (nSPS) is 15.7. The summed E-state index contributed by atoms with van der Waals surface area (Å²) in [6, 6.07) is 3.40. The molecule has 0 saturated heterocycles. The monoisotopic (exact) mass is 193 g/mol. The van der Waals surface area contributed by atoms with E-state index in [4.69, 9.17) is 0 Å². The Morgan fingerprint density at radius 2 is 2.36 bits per heavy atom. The molecular weight excluding hydrogens is 182 g/mol. The van der Waals surface area contributed by atoms with Crippen molar-refractivity contribution in [1.82, 2.24) is 4.72 Å². The Bertz CT molecular complexity index is 298. The Morgan fingerprint density at radius 1 is 1.73 bits per heavy atom. The summed E-state index contributed by atoms with van der Waals surface area (Å²) in [5, 5.41) is 1.78. The molecule has 0 spiro atoms. The maximum absolute atomic E-state index is 11.7. The summed E-state index contributed by atoms with van der Waals surface area (Å²) in [6.45, 7) is 0. The van der Waals surface area contributed by atoms with Crippen LogP contribution >= 0.6 is 11.3 Å². The highest BCUT2D eigenvalue weighted by Gasteiger charge is 2.21. The van der Waals surface area contributed by atoms with Crippen LogP contribution in [-0.4, -0.2) is 22.1 Å². The molecular formula is C6H11NO2S2. The zero-order valence-corrected chi connectivity index (χ0v) is 8.04. The first-order chi connectivity index (χ1) is 4.94. The lowest BCUT2D eigenvalue weighted by Gasteiger charge is -2.36. The number of rotatable bonds is 2. The third-order valence-electron chi connectivity index (χ3n) is 1.45. The highest BCUT2D eigenvalue weighted by atomic mass is 32.3. The molecule has 0 aliphatic heterocycles. The minimum atomic E-state index is -3.70. The first-order valence-electron chi connectivity index (χ1n) is 3.06. The molecule has 11 heavy (non-hydrogen) atoms. The predicted molar refractivity (Wildman–Crippen MR) is 48.3 cm³/mol. The van der Waals surface area contributed by atoms with E-state index < -0.39 is 9.53 Å². The minimum Gasteiger partial charge on any atom is -0.286 e. The lowest BCUT2D eigenvalue weighted by molar-refractivity contribution is 0.510. The van der Waals surface area contributed by atoms with Gasteiger partial charge in [-0.05, 0) is 17.5 Å². The highest BCUT2D eigenvalue weighted by Crippen LogP contribution is 2.28. The van der Waals surface area contributed by atoms with E-state index in [1.54, 1.807) is 17.5 Å². The predicted octanol–water partition coefficient (Wildman–Crippen LogP) is 1.16. The molecule has 2 N–H and O–H groups in total. The smallest absolute Gasteiger partial charge is 0.121 e. The van der Waals surface area contributed by atoms with Crippen molar-refractivity contribution in [2.24, 2.45) is 0 Å². The Hall–Kier alpha value is -0.230. The van der Waals surface area contributed by atoms with Crippen molar-refractivity contribution < 1.29 is 8.76 Å². The van der Waals surface area contributed by atoms with Crippen LogP contribution in [0, 0.1) is 0 Å². The average Bonchev–Trinajstić information content (AvgIpc) is 2.38. The van der Waals surface area contributed by atoms with Gasteiger partial charge in [0.15, 0.2) is 0 Å². The molecule has 0 unspecified atom stereocenters. The van der Waals surface area contributed by atoms with Gasteiger partial charge in [-0.15, -0.1) is 20.9 Å². The summed E-state index contributed by atoms with van der Waals surface area (Å²) >= 11 is 1.28. The maximum atomic E-state index is 11.7. The van der Waals surface area contributed by atoms with Gasteiger partial charge in [0.25, 0.3) is 0 Å². The van der Waals surface area contributed by atoms with Crippen molar-refractivity contribution in [2.75, 3.05) is 13.3 Å². The SMILES string of the molecule is CNS(C)(=O)(O)c1cccs1. The van der Waals surface area contributed by atoms with Gasteiger partial charge in [-0.25, -0.2) is 4.72 Å². The summed E-state index contributed by atoms with van der Waals surface area (Å²) in [6.07, 6.45) is 1.31. The minimum absolute atomic E-state index is 0.476. The Kier molecular flexibility index (Phi) is 1.92. The highest BCUT2D eigenvalue weighted by molar-refractivity contribution is 8.14. The van der Waals surface area contributed by atoms with E-state index in [2.05, 4.69) is 4.72 Å². The molecule has 0 atom stereocenters. The molecule has 0 amide bonds. The van der Waals surface area contributed by atoms with Crippen molar-refractivity contribution in [3.8, 4) is 0 Å². The van der Waals surface area contributed by atoms with Crippen molar-refractivity contribution in [2.45, 2.75) is 4.21 Å². The summed E-state index contributed by atoms with van der Waals surface area (Å²) < 4.78 is 24.2. The number of hydrogen-bond donors (Lipinski definition) is 2. The molecule has 1 aromatic rings. The van der Waals surface area contributed by atoms with E-state index in [1.165, 1.54) is 24.6 Å². The van der Waals surface area contributed by atoms with Crippen LogP contribution in [0.2, 0.25) is 0 Å².